The van der Waals surface area contributed by atoms with Gasteiger partial charge >= 0.3 is 0 Å². The van der Waals surface area contributed by atoms with Crippen molar-refractivity contribution in [2.24, 2.45) is 10.8 Å². The molecule has 0 aliphatic carbocycles. The first-order valence-electron chi connectivity index (χ1n) is 3.40. The Kier molecular flexibility index (Phi) is 2.60. The largest absolute Gasteiger partial charge is 0.329 e. The van der Waals surface area contributed by atoms with E-state index < -0.39 is 0 Å². The average molecular weight is 166 g/mol. The summed E-state index contributed by atoms with van der Waals surface area (Å²) in [6.07, 6.45) is 1.54. The Labute approximate surface area is 69.3 Å². The van der Waals surface area contributed by atoms with E-state index in [-0.39, 0.29) is 5.56 Å². The van der Waals surface area contributed by atoms with Crippen LogP contribution in [0.15, 0.2) is 28.1 Å². The molecule has 1 aromatic heterocycles. The number of aromatic amines is 1. The van der Waals surface area contributed by atoms with Gasteiger partial charge in [-0.1, -0.05) is 0 Å². The zero-order chi connectivity index (χ0) is 8.97. The second-order valence-corrected chi connectivity index (χ2v) is 2.16. The fourth-order valence-electron chi connectivity index (χ4n) is 0.869. The molecule has 0 saturated heterocycles. The number of aromatic nitrogens is 1. The van der Waals surface area contributed by atoms with Crippen LogP contribution in [0.2, 0.25) is 0 Å². The Morgan fingerprint density at radius 2 is 2.50 bits per heavy atom. The van der Waals surface area contributed by atoms with Gasteiger partial charge in [0.2, 0.25) is 5.56 Å². The number of hydrogen-bond donors (Lipinski definition) is 3. The van der Waals surface area contributed by atoms with Crippen LogP contribution in [-0.4, -0.2) is 17.9 Å². The number of nitrogens with zero attached hydrogens (tertiary/aromatic N) is 1. The van der Waals surface area contributed by atoms with Crippen LogP contribution in [-0.2, 0) is 0 Å². The molecule has 1 rings (SSSR count). The highest BCUT2D eigenvalue weighted by Crippen LogP contribution is 1.92. The van der Waals surface area contributed by atoms with E-state index in [4.69, 9.17) is 5.84 Å². The summed E-state index contributed by atoms with van der Waals surface area (Å²) in [6, 6.07) is 3.13. The molecule has 0 spiro atoms. The van der Waals surface area contributed by atoms with Crippen molar-refractivity contribution < 1.29 is 0 Å². The van der Waals surface area contributed by atoms with Crippen molar-refractivity contribution in [2.45, 2.75) is 0 Å². The molecule has 0 aromatic carbocycles. The maximum Gasteiger partial charge on any atom is 0.248 e. The molecule has 1 heterocycles. The number of nitrogens with two attached hydrogens (primary N) is 1. The molecule has 64 valence electrons. The molecule has 5 heteroatoms. The van der Waals surface area contributed by atoms with Crippen molar-refractivity contribution in [2.75, 3.05) is 7.05 Å². The summed E-state index contributed by atoms with van der Waals surface area (Å²) in [6.45, 7) is 0. The average Bonchev–Trinajstić information content (AvgIpc) is 2.07. The molecule has 0 aliphatic heterocycles. The highest BCUT2D eigenvalue weighted by atomic mass is 16.1. The first-order chi connectivity index (χ1) is 5.77. The standard InChI is InChI=1S/C7H10N4O/c1-9-7(11-8)5-2-3-10-6(12)4-5/h2-4H,8H2,1H3,(H,9,11)(H,10,12). The lowest BCUT2D eigenvalue weighted by atomic mass is 10.2. The van der Waals surface area contributed by atoms with E-state index in [2.05, 4.69) is 15.4 Å². The van der Waals surface area contributed by atoms with Crippen LogP contribution in [0.1, 0.15) is 5.56 Å². The maximum atomic E-state index is 10.8. The maximum absolute atomic E-state index is 10.8. The fourth-order valence-corrected chi connectivity index (χ4v) is 0.869. The molecular formula is C7H10N4O. The third-order valence-corrected chi connectivity index (χ3v) is 1.41. The van der Waals surface area contributed by atoms with E-state index in [1.54, 1.807) is 19.3 Å². The van der Waals surface area contributed by atoms with Gasteiger partial charge in [0, 0.05) is 24.9 Å². The topological polar surface area (TPSA) is 83.3 Å². The smallest absolute Gasteiger partial charge is 0.248 e. The minimum atomic E-state index is -0.177. The van der Waals surface area contributed by atoms with Crippen molar-refractivity contribution in [1.82, 2.24) is 10.4 Å². The van der Waals surface area contributed by atoms with Crippen LogP contribution in [0, 0.1) is 0 Å². The summed E-state index contributed by atoms with van der Waals surface area (Å²) in [7, 11) is 1.59. The van der Waals surface area contributed by atoms with Gasteiger partial charge in [-0.25, -0.2) is 5.84 Å². The minimum absolute atomic E-state index is 0.177. The number of H-pyrrole nitrogens is 1. The first kappa shape index (κ1) is 8.48. The van der Waals surface area contributed by atoms with Gasteiger partial charge in [-0.2, -0.15) is 0 Å². The normalized spacial score (nSPS) is 11.3. The zero-order valence-electron chi connectivity index (χ0n) is 6.66. The van der Waals surface area contributed by atoms with Crippen molar-refractivity contribution in [3.63, 3.8) is 0 Å². The number of aliphatic imine (C=N–C) groups is 1. The van der Waals surface area contributed by atoms with Gasteiger partial charge in [-0.15, -0.1) is 0 Å². The SMILES string of the molecule is CN=C(NN)c1cc[nH]c(=O)c1. The lowest BCUT2D eigenvalue weighted by molar-refractivity contribution is 1.01. The molecule has 0 saturated carbocycles. The lowest BCUT2D eigenvalue weighted by Crippen LogP contribution is -2.31. The Bertz CT molecular complexity index is 341. The van der Waals surface area contributed by atoms with Crippen molar-refractivity contribution in [3.05, 3.63) is 34.2 Å². The highest BCUT2D eigenvalue weighted by molar-refractivity contribution is 5.98. The molecule has 0 fully saturated rings. The monoisotopic (exact) mass is 166 g/mol. The highest BCUT2D eigenvalue weighted by Gasteiger charge is 1.98. The number of amidine groups is 1. The number of pyridine rings is 1. The predicted octanol–water partition coefficient (Wildman–Crippen LogP) is -0.785. The van der Waals surface area contributed by atoms with Gasteiger partial charge in [0.15, 0.2) is 0 Å². The predicted molar refractivity (Wildman–Crippen MR) is 46.8 cm³/mol. The molecule has 1 aromatic rings. The van der Waals surface area contributed by atoms with E-state index in [1.807, 2.05) is 0 Å². The molecule has 0 amide bonds. The number of hydrogen-bond acceptors (Lipinski definition) is 3. The van der Waals surface area contributed by atoms with Gasteiger partial charge in [0.1, 0.15) is 5.84 Å². The molecule has 4 N–H and O–H groups in total. The Balaban J connectivity index is 3.11. The van der Waals surface area contributed by atoms with Gasteiger partial charge in [0.25, 0.3) is 0 Å². The third kappa shape index (κ3) is 1.70. The van der Waals surface area contributed by atoms with E-state index in [1.165, 1.54) is 6.07 Å². The summed E-state index contributed by atoms with van der Waals surface area (Å²) in [5.41, 5.74) is 2.89. The lowest BCUT2D eigenvalue weighted by Gasteiger charge is -2.02. The summed E-state index contributed by atoms with van der Waals surface area (Å²) in [4.78, 5) is 17.2. The van der Waals surface area contributed by atoms with Gasteiger partial charge < -0.3 is 10.4 Å². The Hall–Kier alpha value is -1.62. The molecule has 0 radical (unpaired) electrons. The zero-order valence-corrected chi connectivity index (χ0v) is 6.66. The second kappa shape index (κ2) is 3.68. The summed E-state index contributed by atoms with van der Waals surface area (Å²) in [5.74, 6) is 5.66. The van der Waals surface area contributed by atoms with Crippen LogP contribution in [0.4, 0.5) is 0 Å². The van der Waals surface area contributed by atoms with Crippen molar-refractivity contribution in [1.29, 1.82) is 0 Å². The van der Waals surface area contributed by atoms with Crippen LogP contribution >= 0.6 is 0 Å². The number of rotatable bonds is 1. The van der Waals surface area contributed by atoms with Crippen LogP contribution in [0.5, 0.6) is 0 Å². The number of hydrazine groups is 1. The fraction of sp³-hybridized carbons (Fsp3) is 0.143. The molecular weight excluding hydrogens is 156 g/mol. The second-order valence-electron chi connectivity index (χ2n) is 2.16. The minimum Gasteiger partial charge on any atom is -0.329 e. The van der Waals surface area contributed by atoms with Crippen molar-refractivity contribution in [3.8, 4) is 0 Å². The molecule has 0 atom stereocenters. The summed E-state index contributed by atoms with van der Waals surface area (Å²) >= 11 is 0. The van der Waals surface area contributed by atoms with E-state index in [9.17, 15) is 4.79 Å². The molecule has 5 nitrogen and oxygen atoms in total. The summed E-state index contributed by atoms with van der Waals surface area (Å²) in [5, 5.41) is 0. The molecule has 0 bridgehead atoms. The van der Waals surface area contributed by atoms with Crippen molar-refractivity contribution >= 4 is 5.84 Å². The first-order valence-corrected chi connectivity index (χ1v) is 3.40. The van der Waals surface area contributed by atoms with Gasteiger partial charge in [-0.05, 0) is 6.07 Å². The van der Waals surface area contributed by atoms with E-state index >= 15 is 0 Å². The van der Waals surface area contributed by atoms with Gasteiger partial charge in [-0.3, -0.25) is 9.79 Å². The van der Waals surface area contributed by atoms with Gasteiger partial charge in [0.05, 0.1) is 0 Å². The third-order valence-electron chi connectivity index (χ3n) is 1.41. The quantitative estimate of drug-likeness (QED) is 0.221. The number of nitrogens with one attached hydrogen (secondary N) is 2. The van der Waals surface area contributed by atoms with Crippen LogP contribution in [0.25, 0.3) is 0 Å². The molecule has 0 unspecified atom stereocenters. The molecule has 0 aliphatic rings. The summed E-state index contributed by atoms with van der Waals surface area (Å²) < 4.78 is 0. The van der Waals surface area contributed by atoms with Crippen LogP contribution < -0.4 is 16.8 Å². The Morgan fingerprint density at radius 1 is 1.75 bits per heavy atom. The molecule has 12 heavy (non-hydrogen) atoms. The van der Waals surface area contributed by atoms with E-state index in [0.29, 0.717) is 11.4 Å². The van der Waals surface area contributed by atoms with E-state index in [0.717, 1.165) is 0 Å². The Morgan fingerprint density at radius 3 is 3.00 bits per heavy atom. The van der Waals surface area contributed by atoms with Crippen LogP contribution in [0.3, 0.4) is 0 Å².